The van der Waals surface area contributed by atoms with Crippen molar-refractivity contribution in [3.05, 3.63) is 77.5 Å². The Morgan fingerprint density at radius 1 is 1.03 bits per heavy atom. The molecule has 32 heavy (non-hydrogen) atoms. The lowest BCUT2D eigenvalue weighted by Crippen LogP contribution is -2.23. The number of aromatic nitrogens is 1. The van der Waals surface area contributed by atoms with Crippen LogP contribution in [0.25, 0.3) is 11.3 Å². The van der Waals surface area contributed by atoms with Crippen LogP contribution in [-0.4, -0.2) is 28.8 Å². The molecule has 0 saturated heterocycles. The van der Waals surface area contributed by atoms with Crippen LogP contribution in [0, 0.1) is 0 Å². The number of hydrogen-bond acceptors (Lipinski definition) is 4. The van der Waals surface area contributed by atoms with Crippen LogP contribution in [0.2, 0.25) is 0 Å². The lowest BCUT2D eigenvalue weighted by atomic mass is 9.98. The zero-order chi connectivity index (χ0) is 23.1. The molecule has 1 amide bonds. The molecule has 1 N–H and O–H groups in total. The molecule has 2 aromatic carbocycles. The van der Waals surface area contributed by atoms with Crippen LogP contribution in [0.4, 0.5) is 18.9 Å². The van der Waals surface area contributed by atoms with Crippen molar-refractivity contribution in [3.63, 3.8) is 0 Å². The molecule has 0 aliphatic carbocycles. The summed E-state index contributed by atoms with van der Waals surface area (Å²) >= 11 is 0. The number of alkyl halides is 3. The number of fused-ring (bicyclic) bond motifs is 1. The van der Waals surface area contributed by atoms with Gasteiger partial charge in [-0.1, -0.05) is 24.3 Å². The van der Waals surface area contributed by atoms with E-state index in [0.29, 0.717) is 33.6 Å². The lowest BCUT2D eigenvalue weighted by molar-refractivity contribution is -0.153. The molecule has 0 unspecified atom stereocenters. The number of benzene rings is 2. The van der Waals surface area contributed by atoms with Gasteiger partial charge in [-0.25, -0.2) is 0 Å². The zero-order valence-corrected chi connectivity index (χ0v) is 17.5. The van der Waals surface area contributed by atoms with Gasteiger partial charge in [0.1, 0.15) is 5.75 Å². The second-order valence-electron chi connectivity index (χ2n) is 8.08. The van der Waals surface area contributed by atoms with Gasteiger partial charge in [0.05, 0.1) is 17.8 Å². The van der Waals surface area contributed by atoms with Crippen molar-refractivity contribution in [1.29, 1.82) is 0 Å². The number of rotatable bonds is 5. The fourth-order valence-corrected chi connectivity index (χ4v) is 3.67. The Kier molecular flexibility index (Phi) is 5.42. The van der Waals surface area contributed by atoms with E-state index in [2.05, 4.69) is 4.98 Å². The van der Waals surface area contributed by atoms with Crippen molar-refractivity contribution >= 4 is 11.6 Å². The van der Waals surface area contributed by atoms with Crippen LogP contribution >= 0.6 is 0 Å². The number of para-hydroxylation sites is 1. The van der Waals surface area contributed by atoms with E-state index in [1.807, 2.05) is 0 Å². The highest BCUT2D eigenvalue weighted by atomic mass is 19.4. The lowest BCUT2D eigenvalue weighted by Gasteiger charge is -2.20. The Labute approximate surface area is 183 Å². The molecule has 0 spiro atoms. The highest BCUT2D eigenvalue weighted by Crippen LogP contribution is 2.38. The molecule has 1 aromatic heterocycles. The molecule has 8 heteroatoms. The predicted octanol–water partition coefficient (Wildman–Crippen LogP) is 5.08. The zero-order valence-electron chi connectivity index (χ0n) is 17.5. The maximum Gasteiger partial charge on any atom is 0.422 e. The first-order valence-electron chi connectivity index (χ1n) is 9.96. The van der Waals surface area contributed by atoms with Crippen molar-refractivity contribution in [2.45, 2.75) is 32.2 Å². The van der Waals surface area contributed by atoms with Gasteiger partial charge in [-0.15, -0.1) is 0 Å². The number of anilines is 1. The third-order valence-electron chi connectivity index (χ3n) is 5.27. The van der Waals surface area contributed by atoms with E-state index in [1.165, 1.54) is 12.3 Å². The fraction of sp³-hybridized carbons (Fsp3) is 0.250. The normalized spacial score (nSPS) is 13.9. The van der Waals surface area contributed by atoms with Crippen LogP contribution < -0.4 is 9.64 Å². The summed E-state index contributed by atoms with van der Waals surface area (Å²) in [6, 6.07) is 15.0. The largest absolute Gasteiger partial charge is 0.483 e. The van der Waals surface area contributed by atoms with Crippen molar-refractivity contribution in [2.24, 2.45) is 0 Å². The minimum atomic E-state index is -4.47. The molecule has 0 bridgehead atoms. The first-order chi connectivity index (χ1) is 15.0. The summed E-state index contributed by atoms with van der Waals surface area (Å²) in [5.41, 5.74) is 2.20. The number of ether oxygens (including phenoxy) is 1. The van der Waals surface area contributed by atoms with Gasteiger partial charge in [-0.05, 0) is 49.7 Å². The molecule has 0 radical (unpaired) electrons. The second kappa shape index (κ2) is 7.94. The maximum absolute atomic E-state index is 13.1. The van der Waals surface area contributed by atoms with Crippen molar-refractivity contribution in [2.75, 3.05) is 11.5 Å². The minimum Gasteiger partial charge on any atom is -0.483 e. The molecule has 1 aliphatic rings. The van der Waals surface area contributed by atoms with Crippen molar-refractivity contribution < 1.29 is 27.8 Å². The summed E-state index contributed by atoms with van der Waals surface area (Å²) in [5, 5.41) is 10.2. The van der Waals surface area contributed by atoms with Gasteiger partial charge in [0.2, 0.25) is 0 Å². The molecule has 1 aliphatic heterocycles. The third-order valence-corrected chi connectivity index (χ3v) is 5.27. The quantitative estimate of drug-likeness (QED) is 0.599. The van der Waals surface area contributed by atoms with Gasteiger partial charge in [0.15, 0.2) is 6.61 Å². The van der Waals surface area contributed by atoms with Gasteiger partial charge in [0, 0.05) is 28.6 Å². The fourth-order valence-electron chi connectivity index (χ4n) is 3.67. The molecule has 3 aromatic rings. The third kappa shape index (κ3) is 4.31. The van der Waals surface area contributed by atoms with E-state index in [9.17, 15) is 23.1 Å². The number of hydrogen-bond donors (Lipinski definition) is 1. The highest BCUT2D eigenvalue weighted by molar-refractivity contribution is 6.11. The van der Waals surface area contributed by atoms with E-state index in [-0.39, 0.29) is 18.2 Å². The van der Waals surface area contributed by atoms with E-state index in [1.54, 1.807) is 67.3 Å². The SMILES string of the molecule is CC(C)(O)c1ccc(N2Cc3c(ccnc3-c3ccccc3OCC(F)(F)F)C2=O)cc1. The number of pyridine rings is 1. The molecule has 2 heterocycles. The maximum atomic E-state index is 13.1. The monoisotopic (exact) mass is 442 g/mol. The number of halogens is 3. The molecule has 0 atom stereocenters. The molecule has 166 valence electrons. The highest BCUT2D eigenvalue weighted by Gasteiger charge is 2.33. The van der Waals surface area contributed by atoms with Crippen LogP contribution in [0.1, 0.15) is 35.3 Å². The Morgan fingerprint density at radius 3 is 2.38 bits per heavy atom. The summed E-state index contributed by atoms with van der Waals surface area (Å²) in [7, 11) is 0. The smallest absolute Gasteiger partial charge is 0.422 e. The Hall–Kier alpha value is -3.39. The molecule has 0 fully saturated rings. The first-order valence-corrected chi connectivity index (χ1v) is 9.96. The Balaban J connectivity index is 1.68. The van der Waals surface area contributed by atoms with Crippen molar-refractivity contribution in [3.8, 4) is 17.0 Å². The van der Waals surface area contributed by atoms with Gasteiger partial charge >= 0.3 is 6.18 Å². The summed E-state index contributed by atoms with van der Waals surface area (Å²) < 4.78 is 43.1. The number of nitrogens with zero attached hydrogens (tertiary/aromatic N) is 2. The first kappa shape index (κ1) is 21.8. The van der Waals surface area contributed by atoms with Crippen LogP contribution in [0.5, 0.6) is 5.75 Å². The van der Waals surface area contributed by atoms with Gasteiger partial charge in [0.25, 0.3) is 5.91 Å². The summed E-state index contributed by atoms with van der Waals surface area (Å²) in [5.74, 6) is -0.181. The van der Waals surface area contributed by atoms with Crippen LogP contribution in [-0.2, 0) is 12.1 Å². The van der Waals surface area contributed by atoms with Crippen molar-refractivity contribution in [1.82, 2.24) is 4.98 Å². The van der Waals surface area contributed by atoms with E-state index >= 15 is 0 Å². The molecular formula is C24H21F3N2O3. The van der Waals surface area contributed by atoms with Gasteiger partial charge < -0.3 is 14.7 Å². The van der Waals surface area contributed by atoms with Gasteiger partial charge in [-0.2, -0.15) is 13.2 Å². The predicted molar refractivity (Wildman–Crippen MR) is 113 cm³/mol. The summed E-state index contributed by atoms with van der Waals surface area (Å²) in [4.78, 5) is 19.0. The van der Waals surface area contributed by atoms with E-state index in [0.717, 1.165) is 0 Å². The van der Waals surface area contributed by atoms with E-state index in [4.69, 9.17) is 4.74 Å². The number of amides is 1. The topological polar surface area (TPSA) is 62.7 Å². The number of carbonyl (C=O) groups is 1. The Morgan fingerprint density at radius 2 is 1.72 bits per heavy atom. The van der Waals surface area contributed by atoms with Crippen LogP contribution in [0.15, 0.2) is 60.8 Å². The van der Waals surface area contributed by atoms with E-state index < -0.39 is 18.4 Å². The summed E-state index contributed by atoms with van der Waals surface area (Å²) in [6.07, 6.45) is -3.01. The summed E-state index contributed by atoms with van der Waals surface area (Å²) in [6.45, 7) is 2.15. The molecule has 5 nitrogen and oxygen atoms in total. The molecule has 0 saturated carbocycles. The van der Waals surface area contributed by atoms with Crippen LogP contribution in [0.3, 0.4) is 0 Å². The standard InChI is InChI=1S/C24H21F3N2O3/c1-23(2,31)15-7-9-16(10-8-15)29-13-19-17(22(29)30)11-12-28-21(19)18-5-3-4-6-20(18)32-14-24(25,26)27/h3-12,31H,13-14H2,1-2H3. The number of carbonyl (C=O) groups excluding carboxylic acids is 1. The second-order valence-corrected chi connectivity index (χ2v) is 8.08. The average Bonchev–Trinajstić information content (AvgIpc) is 3.08. The Bertz CT molecular complexity index is 1150. The number of aliphatic hydroxyl groups is 1. The average molecular weight is 442 g/mol. The molecular weight excluding hydrogens is 421 g/mol. The minimum absolute atomic E-state index is 0.0474. The molecule has 4 rings (SSSR count). The van der Waals surface area contributed by atoms with Gasteiger partial charge in [-0.3, -0.25) is 9.78 Å².